The van der Waals surface area contributed by atoms with Crippen molar-refractivity contribution in [2.24, 2.45) is 13.0 Å². The maximum atomic E-state index is 12.4. The molecule has 130 valence electrons. The third-order valence-electron chi connectivity index (χ3n) is 4.26. The van der Waals surface area contributed by atoms with Crippen LogP contribution in [0.3, 0.4) is 0 Å². The molecule has 0 aliphatic heterocycles. The van der Waals surface area contributed by atoms with E-state index in [1.807, 2.05) is 17.5 Å². The van der Waals surface area contributed by atoms with Gasteiger partial charge >= 0.3 is 5.69 Å². The average molecular weight is 349 g/mol. The smallest absolute Gasteiger partial charge is 0.331 e. The van der Waals surface area contributed by atoms with E-state index in [1.165, 1.54) is 23.9 Å². The van der Waals surface area contributed by atoms with E-state index < -0.39 is 5.69 Å². The normalized spacial score (nSPS) is 12.3. The fourth-order valence-electron chi connectivity index (χ4n) is 2.76. The van der Waals surface area contributed by atoms with Crippen LogP contribution in [0.2, 0.25) is 0 Å². The molecule has 24 heavy (non-hydrogen) atoms. The molecule has 0 saturated heterocycles. The third-order valence-corrected chi connectivity index (χ3v) is 5.22. The summed E-state index contributed by atoms with van der Waals surface area (Å²) in [5.74, 6) is 0.102. The molecular weight excluding hydrogens is 326 g/mol. The average Bonchev–Trinajstić information content (AvgIpc) is 3.10. The number of hydrogen-bond donors (Lipinski definition) is 1. The zero-order valence-corrected chi connectivity index (χ0v) is 15.0. The molecule has 1 atom stereocenters. The van der Waals surface area contributed by atoms with Crippen molar-refractivity contribution in [3.05, 3.63) is 55.5 Å². The number of carbonyl (C=O) groups excluding carboxylic acids is 1. The number of carbonyl (C=O) groups is 1. The first-order valence-corrected chi connectivity index (χ1v) is 8.95. The second-order valence-corrected chi connectivity index (χ2v) is 6.74. The molecule has 2 heterocycles. The molecule has 0 radical (unpaired) electrons. The van der Waals surface area contributed by atoms with Gasteiger partial charge in [0.25, 0.3) is 5.56 Å². The Morgan fingerprint density at radius 2 is 1.96 bits per heavy atom. The van der Waals surface area contributed by atoms with Crippen molar-refractivity contribution in [3.8, 4) is 0 Å². The highest BCUT2D eigenvalue weighted by atomic mass is 32.1. The Hall–Kier alpha value is -2.15. The lowest BCUT2D eigenvalue weighted by Crippen LogP contribution is -2.41. The maximum Gasteiger partial charge on any atom is 0.331 e. The first-order valence-electron chi connectivity index (χ1n) is 8.07. The lowest BCUT2D eigenvalue weighted by Gasteiger charge is -2.25. The Balaban J connectivity index is 2.18. The number of aromatic nitrogens is 2. The van der Waals surface area contributed by atoms with Crippen molar-refractivity contribution in [1.29, 1.82) is 0 Å². The van der Waals surface area contributed by atoms with Crippen LogP contribution in [0.5, 0.6) is 0 Å². The molecule has 0 aliphatic rings. The minimum Gasteiger partial charge on any atom is -0.347 e. The largest absolute Gasteiger partial charge is 0.347 e. The van der Waals surface area contributed by atoms with Gasteiger partial charge in [-0.25, -0.2) is 4.79 Å². The fraction of sp³-hybridized carbons (Fsp3) is 0.471. The molecule has 1 N–H and O–H groups in total. The van der Waals surface area contributed by atoms with Crippen LogP contribution in [0.25, 0.3) is 0 Å². The highest BCUT2D eigenvalue weighted by molar-refractivity contribution is 7.10. The van der Waals surface area contributed by atoms with Crippen LogP contribution in [0.4, 0.5) is 0 Å². The van der Waals surface area contributed by atoms with E-state index >= 15 is 0 Å². The van der Waals surface area contributed by atoms with Crippen molar-refractivity contribution in [3.63, 3.8) is 0 Å². The summed E-state index contributed by atoms with van der Waals surface area (Å²) in [6.45, 7) is 4.12. The molecule has 7 heteroatoms. The second kappa shape index (κ2) is 8.10. The molecule has 2 aromatic rings. The molecule has 1 amide bonds. The summed E-state index contributed by atoms with van der Waals surface area (Å²) in [5.41, 5.74) is -0.877. The van der Waals surface area contributed by atoms with Gasteiger partial charge in [-0.2, -0.15) is 0 Å². The minimum absolute atomic E-state index is 0.0595. The molecule has 0 bridgehead atoms. The van der Waals surface area contributed by atoms with Crippen LogP contribution in [-0.2, 0) is 18.4 Å². The molecule has 0 fully saturated rings. The lowest BCUT2D eigenvalue weighted by atomic mass is 9.93. The quantitative estimate of drug-likeness (QED) is 0.830. The molecule has 0 spiro atoms. The van der Waals surface area contributed by atoms with Gasteiger partial charge in [-0.15, -0.1) is 11.3 Å². The van der Waals surface area contributed by atoms with Crippen molar-refractivity contribution in [2.45, 2.75) is 39.3 Å². The first-order chi connectivity index (χ1) is 11.5. The number of nitrogens with one attached hydrogen (secondary N) is 1. The predicted molar refractivity (Wildman–Crippen MR) is 95.2 cm³/mol. The Morgan fingerprint density at radius 3 is 2.54 bits per heavy atom. The summed E-state index contributed by atoms with van der Waals surface area (Å²) >= 11 is 1.62. The first kappa shape index (κ1) is 18.2. The molecular formula is C17H23N3O3S. The van der Waals surface area contributed by atoms with Crippen molar-refractivity contribution >= 4 is 17.2 Å². The molecule has 0 aliphatic carbocycles. The summed E-state index contributed by atoms with van der Waals surface area (Å²) in [7, 11) is 1.40. The van der Waals surface area contributed by atoms with Crippen LogP contribution < -0.4 is 16.6 Å². The van der Waals surface area contributed by atoms with Gasteiger partial charge in [0.05, 0.1) is 6.04 Å². The van der Waals surface area contributed by atoms with E-state index in [0.717, 1.165) is 22.3 Å². The molecule has 2 rings (SSSR count). The van der Waals surface area contributed by atoms with E-state index in [2.05, 4.69) is 19.2 Å². The van der Waals surface area contributed by atoms with Gasteiger partial charge in [0.2, 0.25) is 5.91 Å². The predicted octanol–water partition coefficient (Wildman–Crippen LogP) is 1.90. The van der Waals surface area contributed by atoms with Gasteiger partial charge in [0, 0.05) is 24.2 Å². The standard InChI is InChI=1S/C17H23N3O3S/c1-4-12(5-2)16(13-7-6-10-24-13)18-14(21)11-20-9-8-15(22)19(3)17(20)23/h6-10,12,16H,4-5,11H2,1-3H3,(H,18,21)/t16-/m1/s1. The number of hydrogen-bond acceptors (Lipinski definition) is 4. The fourth-order valence-corrected chi connectivity index (χ4v) is 3.63. The Kier molecular flexibility index (Phi) is 6.14. The van der Waals surface area contributed by atoms with Gasteiger partial charge in [-0.05, 0) is 17.4 Å². The van der Waals surface area contributed by atoms with E-state index in [9.17, 15) is 14.4 Å². The summed E-state index contributed by atoms with van der Waals surface area (Å²) < 4.78 is 2.24. The van der Waals surface area contributed by atoms with E-state index in [-0.39, 0.29) is 24.1 Å². The van der Waals surface area contributed by atoms with Crippen LogP contribution >= 0.6 is 11.3 Å². The minimum atomic E-state index is -0.493. The van der Waals surface area contributed by atoms with Crippen LogP contribution in [-0.4, -0.2) is 15.0 Å². The maximum absolute atomic E-state index is 12.4. The van der Waals surface area contributed by atoms with E-state index in [4.69, 9.17) is 0 Å². The van der Waals surface area contributed by atoms with Crippen LogP contribution in [0.15, 0.2) is 39.4 Å². The SMILES string of the molecule is CCC(CC)[C@@H](NC(=O)Cn1ccc(=O)n(C)c1=O)c1cccs1. The topological polar surface area (TPSA) is 73.1 Å². The highest BCUT2D eigenvalue weighted by Gasteiger charge is 2.23. The zero-order valence-electron chi connectivity index (χ0n) is 14.2. The zero-order chi connectivity index (χ0) is 17.7. The van der Waals surface area contributed by atoms with Crippen LogP contribution in [0.1, 0.15) is 37.6 Å². The highest BCUT2D eigenvalue weighted by Crippen LogP contribution is 2.30. The number of thiophene rings is 1. The number of rotatable bonds is 7. The summed E-state index contributed by atoms with van der Waals surface area (Å²) in [4.78, 5) is 37.0. The Labute approximate surface area is 144 Å². The molecule has 0 saturated carbocycles. The van der Waals surface area contributed by atoms with Gasteiger partial charge in [0.15, 0.2) is 0 Å². The summed E-state index contributed by atoms with van der Waals surface area (Å²) in [6, 6.07) is 5.22. The summed E-state index contributed by atoms with van der Waals surface area (Å²) in [5, 5.41) is 5.05. The van der Waals surface area contributed by atoms with Gasteiger partial charge in [-0.3, -0.25) is 18.7 Å². The molecule has 2 aromatic heterocycles. The number of nitrogens with zero attached hydrogens (tertiary/aromatic N) is 2. The Bertz CT molecular complexity index is 788. The van der Waals surface area contributed by atoms with Crippen molar-refractivity contribution < 1.29 is 4.79 Å². The van der Waals surface area contributed by atoms with Crippen LogP contribution in [0, 0.1) is 5.92 Å². The second-order valence-electron chi connectivity index (χ2n) is 5.76. The van der Waals surface area contributed by atoms with Gasteiger partial charge in [-0.1, -0.05) is 32.8 Å². The van der Waals surface area contributed by atoms with Gasteiger partial charge in [0.1, 0.15) is 6.54 Å². The molecule has 0 unspecified atom stereocenters. The summed E-state index contributed by atoms with van der Waals surface area (Å²) in [6.07, 6.45) is 3.28. The third kappa shape index (κ3) is 4.03. The van der Waals surface area contributed by atoms with Crippen molar-refractivity contribution in [2.75, 3.05) is 0 Å². The van der Waals surface area contributed by atoms with Gasteiger partial charge < -0.3 is 5.32 Å². The van der Waals surface area contributed by atoms with Crippen molar-refractivity contribution in [1.82, 2.24) is 14.5 Å². The number of amides is 1. The Morgan fingerprint density at radius 1 is 1.25 bits per heavy atom. The monoisotopic (exact) mass is 349 g/mol. The molecule has 6 nitrogen and oxygen atoms in total. The van der Waals surface area contributed by atoms with E-state index in [1.54, 1.807) is 11.3 Å². The lowest BCUT2D eigenvalue weighted by molar-refractivity contribution is -0.122. The van der Waals surface area contributed by atoms with E-state index in [0.29, 0.717) is 5.92 Å². The molecule has 0 aromatic carbocycles.